The van der Waals surface area contributed by atoms with E-state index >= 15 is 0 Å². The number of carbonyl (C=O) groups is 1. The average Bonchev–Trinajstić information content (AvgIpc) is 2.24. The quantitative estimate of drug-likeness (QED) is 0.716. The van der Waals surface area contributed by atoms with Crippen molar-refractivity contribution in [3.05, 3.63) is 29.8 Å². The second-order valence-electron chi connectivity index (χ2n) is 5.07. The predicted octanol–water partition coefficient (Wildman–Crippen LogP) is 1.83. The topological polar surface area (TPSA) is 84.6 Å². The number of carbonyl (C=O) groups excluding carboxylic acids is 1. The van der Waals surface area contributed by atoms with Crippen LogP contribution in [0.15, 0.2) is 24.3 Å². The number of hydrogen-bond donors (Lipinski definition) is 3. The van der Waals surface area contributed by atoms with Crippen molar-refractivity contribution in [1.29, 1.82) is 0 Å². The summed E-state index contributed by atoms with van der Waals surface area (Å²) in [6.07, 6.45) is -1.32. The Hall–Kier alpha value is -1.75. The number of ether oxygens (including phenoxy) is 1. The molecule has 1 amide bonds. The van der Waals surface area contributed by atoms with Crippen LogP contribution in [0, 0.1) is 0 Å². The van der Waals surface area contributed by atoms with Crippen LogP contribution in [0.4, 0.5) is 10.5 Å². The second kappa shape index (κ2) is 5.73. The van der Waals surface area contributed by atoms with Gasteiger partial charge in [-0.3, -0.25) is 0 Å². The molecule has 0 heterocycles. The molecule has 0 bridgehead atoms. The molecular weight excluding hydrogens is 232 g/mol. The Morgan fingerprint density at radius 1 is 1.39 bits per heavy atom. The summed E-state index contributed by atoms with van der Waals surface area (Å²) in [5.41, 5.74) is 6.33. The van der Waals surface area contributed by atoms with Crippen molar-refractivity contribution in [2.24, 2.45) is 0 Å². The predicted molar refractivity (Wildman–Crippen MR) is 70.1 cm³/mol. The molecule has 18 heavy (non-hydrogen) atoms. The number of hydrogen-bond acceptors (Lipinski definition) is 4. The van der Waals surface area contributed by atoms with Crippen LogP contribution in [0.3, 0.4) is 0 Å². The lowest BCUT2D eigenvalue weighted by Gasteiger charge is -2.20. The summed E-state index contributed by atoms with van der Waals surface area (Å²) in [6.45, 7) is 5.44. The molecule has 0 unspecified atom stereocenters. The minimum absolute atomic E-state index is 0.0961. The van der Waals surface area contributed by atoms with Gasteiger partial charge in [0.05, 0.1) is 12.6 Å². The molecule has 1 atom stereocenters. The van der Waals surface area contributed by atoms with E-state index in [1.54, 1.807) is 45.0 Å². The van der Waals surface area contributed by atoms with Gasteiger partial charge in [-0.05, 0) is 38.5 Å². The summed E-state index contributed by atoms with van der Waals surface area (Å²) in [7, 11) is 0. The zero-order valence-corrected chi connectivity index (χ0v) is 10.9. The minimum atomic E-state index is -0.780. The third kappa shape index (κ3) is 5.05. The van der Waals surface area contributed by atoms with Gasteiger partial charge in [-0.1, -0.05) is 12.1 Å². The van der Waals surface area contributed by atoms with Gasteiger partial charge in [-0.15, -0.1) is 0 Å². The van der Waals surface area contributed by atoms with Crippen molar-refractivity contribution < 1.29 is 14.6 Å². The van der Waals surface area contributed by atoms with Crippen molar-refractivity contribution in [2.45, 2.75) is 32.5 Å². The van der Waals surface area contributed by atoms with Crippen LogP contribution in [-0.2, 0) is 4.74 Å². The minimum Gasteiger partial charge on any atom is -0.444 e. The van der Waals surface area contributed by atoms with E-state index in [9.17, 15) is 9.90 Å². The van der Waals surface area contributed by atoms with Crippen molar-refractivity contribution in [1.82, 2.24) is 5.32 Å². The van der Waals surface area contributed by atoms with Crippen LogP contribution < -0.4 is 11.1 Å². The number of amides is 1. The number of alkyl carbamates (subject to hydrolysis) is 1. The normalized spacial score (nSPS) is 12.9. The maximum Gasteiger partial charge on any atom is 0.407 e. The molecule has 5 heteroatoms. The molecule has 1 rings (SSSR count). The van der Waals surface area contributed by atoms with Crippen LogP contribution >= 0.6 is 0 Å². The summed E-state index contributed by atoms with van der Waals surface area (Å²) in [6, 6.07) is 6.84. The number of rotatable bonds is 3. The average molecular weight is 252 g/mol. The first-order chi connectivity index (χ1) is 8.28. The highest BCUT2D eigenvalue weighted by Gasteiger charge is 2.17. The molecule has 0 aliphatic rings. The van der Waals surface area contributed by atoms with Crippen molar-refractivity contribution >= 4 is 11.8 Å². The van der Waals surface area contributed by atoms with Gasteiger partial charge in [0.25, 0.3) is 0 Å². The third-order valence-electron chi connectivity index (χ3n) is 2.16. The first-order valence-corrected chi connectivity index (χ1v) is 5.78. The van der Waals surface area contributed by atoms with Gasteiger partial charge in [0.2, 0.25) is 0 Å². The van der Waals surface area contributed by atoms with Crippen LogP contribution in [-0.4, -0.2) is 23.3 Å². The number of nitrogen functional groups attached to an aromatic ring is 1. The molecule has 0 aliphatic carbocycles. The van der Waals surface area contributed by atoms with E-state index in [2.05, 4.69) is 5.32 Å². The Morgan fingerprint density at radius 3 is 2.44 bits per heavy atom. The largest absolute Gasteiger partial charge is 0.444 e. The molecule has 0 fully saturated rings. The van der Waals surface area contributed by atoms with E-state index in [4.69, 9.17) is 10.5 Å². The molecular formula is C13H20N2O3. The molecule has 0 saturated heterocycles. The summed E-state index contributed by atoms with van der Waals surface area (Å²) in [5.74, 6) is 0. The second-order valence-corrected chi connectivity index (χ2v) is 5.07. The Labute approximate surface area is 107 Å². The van der Waals surface area contributed by atoms with Gasteiger partial charge in [-0.25, -0.2) is 4.79 Å². The maximum absolute atomic E-state index is 11.4. The summed E-state index contributed by atoms with van der Waals surface area (Å²) < 4.78 is 5.06. The van der Waals surface area contributed by atoms with Crippen LogP contribution in [0.25, 0.3) is 0 Å². The fraction of sp³-hybridized carbons (Fsp3) is 0.462. The molecule has 0 radical (unpaired) electrons. The third-order valence-corrected chi connectivity index (χ3v) is 2.16. The van der Waals surface area contributed by atoms with Gasteiger partial charge >= 0.3 is 6.09 Å². The van der Waals surface area contributed by atoms with Gasteiger partial charge < -0.3 is 20.9 Å². The first kappa shape index (κ1) is 14.3. The first-order valence-electron chi connectivity index (χ1n) is 5.78. The van der Waals surface area contributed by atoms with E-state index in [0.29, 0.717) is 11.3 Å². The lowest BCUT2D eigenvalue weighted by Crippen LogP contribution is -2.34. The van der Waals surface area contributed by atoms with Crippen LogP contribution in [0.2, 0.25) is 0 Å². The van der Waals surface area contributed by atoms with Gasteiger partial charge in [0, 0.05) is 5.69 Å². The lowest BCUT2D eigenvalue weighted by molar-refractivity contribution is 0.0492. The Morgan fingerprint density at radius 2 is 1.94 bits per heavy atom. The van der Waals surface area contributed by atoms with E-state index in [-0.39, 0.29) is 6.54 Å². The van der Waals surface area contributed by atoms with E-state index in [0.717, 1.165) is 0 Å². The van der Waals surface area contributed by atoms with Crippen molar-refractivity contribution in [3.63, 3.8) is 0 Å². The molecule has 0 aliphatic heterocycles. The molecule has 1 aromatic carbocycles. The highest BCUT2D eigenvalue weighted by atomic mass is 16.6. The molecule has 4 N–H and O–H groups in total. The van der Waals surface area contributed by atoms with Crippen molar-refractivity contribution in [2.75, 3.05) is 12.3 Å². The number of aliphatic hydroxyl groups excluding tert-OH is 1. The molecule has 100 valence electrons. The molecule has 0 saturated carbocycles. The summed E-state index contributed by atoms with van der Waals surface area (Å²) >= 11 is 0. The Bertz CT molecular complexity index is 396. The fourth-order valence-corrected chi connectivity index (χ4v) is 1.33. The maximum atomic E-state index is 11.4. The van der Waals surface area contributed by atoms with Gasteiger partial charge in [0.1, 0.15) is 5.60 Å². The number of anilines is 1. The van der Waals surface area contributed by atoms with Crippen LogP contribution in [0.1, 0.15) is 32.4 Å². The molecule has 0 aromatic heterocycles. The molecule has 0 spiro atoms. The van der Waals surface area contributed by atoms with E-state index in [1.165, 1.54) is 0 Å². The van der Waals surface area contributed by atoms with Gasteiger partial charge in [0.15, 0.2) is 0 Å². The summed E-state index contributed by atoms with van der Waals surface area (Å²) in [5, 5.41) is 12.4. The van der Waals surface area contributed by atoms with Crippen molar-refractivity contribution in [3.8, 4) is 0 Å². The highest BCUT2D eigenvalue weighted by molar-refractivity contribution is 5.67. The highest BCUT2D eigenvalue weighted by Crippen LogP contribution is 2.14. The number of aliphatic hydroxyl groups is 1. The van der Waals surface area contributed by atoms with E-state index in [1.807, 2.05) is 0 Å². The smallest absolute Gasteiger partial charge is 0.407 e. The monoisotopic (exact) mass is 252 g/mol. The molecule has 5 nitrogen and oxygen atoms in total. The zero-order chi connectivity index (χ0) is 13.8. The Kier molecular flexibility index (Phi) is 4.55. The van der Waals surface area contributed by atoms with Gasteiger partial charge in [-0.2, -0.15) is 0 Å². The summed E-state index contributed by atoms with van der Waals surface area (Å²) in [4.78, 5) is 11.4. The molecule has 1 aromatic rings. The fourth-order valence-electron chi connectivity index (χ4n) is 1.33. The number of nitrogens with two attached hydrogens (primary N) is 1. The number of nitrogens with one attached hydrogen (secondary N) is 1. The zero-order valence-electron chi connectivity index (χ0n) is 10.9. The SMILES string of the molecule is CC(C)(C)OC(=O)NC[C@H](O)c1ccc(N)cc1. The number of benzene rings is 1. The Balaban J connectivity index is 2.44. The lowest BCUT2D eigenvalue weighted by atomic mass is 10.1. The van der Waals surface area contributed by atoms with Crippen LogP contribution in [0.5, 0.6) is 0 Å². The van der Waals surface area contributed by atoms with E-state index < -0.39 is 17.8 Å². The standard InChI is InChI=1S/C13H20N2O3/c1-13(2,3)18-12(17)15-8-11(16)9-4-6-10(14)7-5-9/h4-7,11,16H,8,14H2,1-3H3,(H,15,17)/t11-/m0/s1.